The minimum Gasteiger partial charge on any atom is -0.409 e. The number of hydrogen-bond acceptors (Lipinski definition) is 6. The maximum absolute atomic E-state index is 11.8. The normalized spacial score (nSPS) is 19.3. The van der Waals surface area contributed by atoms with Crippen molar-refractivity contribution in [1.82, 2.24) is 14.7 Å². The van der Waals surface area contributed by atoms with Gasteiger partial charge < -0.3 is 4.42 Å². The number of benzene rings is 1. The third-order valence-corrected chi connectivity index (χ3v) is 6.96. The van der Waals surface area contributed by atoms with Gasteiger partial charge in [-0.3, -0.25) is 4.90 Å². The van der Waals surface area contributed by atoms with Crippen molar-refractivity contribution < 1.29 is 12.8 Å². The van der Waals surface area contributed by atoms with Crippen LogP contribution >= 0.6 is 12.2 Å². The first-order chi connectivity index (χ1) is 12.3. The molecule has 1 aliphatic heterocycles. The van der Waals surface area contributed by atoms with Crippen molar-refractivity contribution in [3.8, 4) is 11.5 Å². The predicted molar refractivity (Wildman–Crippen MR) is 104 cm³/mol. The largest absolute Gasteiger partial charge is 0.409 e. The molecule has 0 amide bonds. The molecule has 0 spiro atoms. The van der Waals surface area contributed by atoms with E-state index in [0.29, 0.717) is 23.8 Å². The molecule has 1 unspecified atom stereocenters. The van der Waals surface area contributed by atoms with Gasteiger partial charge in [0.05, 0.1) is 18.2 Å². The molecule has 1 aromatic heterocycles. The second-order valence-electron chi connectivity index (χ2n) is 6.98. The van der Waals surface area contributed by atoms with Gasteiger partial charge in [-0.1, -0.05) is 13.0 Å². The molecule has 8 heteroatoms. The molecule has 0 saturated carbocycles. The minimum atomic E-state index is -2.93. The number of hydrogen-bond donors (Lipinski definition) is 0. The van der Waals surface area contributed by atoms with Crippen LogP contribution in [0.1, 0.15) is 30.9 Å². The lowest BCUT2D eigenvalue weighted by Crippen LogP contribution is -2.38. The van der Waals surface area contributed by atoms with Crippen molar-refractivity contribution >= 4 is 22.1 Å². The van der Waals surface area contributed by atoms with Crippen LogP contribution in [0.5, 0.6) is 0 Å². The lowest BCUT2D eigenvalue weighted by atomic mass is 10.1. The van der Waals surface area contributed by atoms with E-state index in [0.717, 1.165) is 18.5 Å². The van der Waals surface area contributed by atoms with Crippen LogP contribution in [0.25, 0.3) is 11.5 Å². The van der Waals surface area contributed by atoms with E-state index in [9.17, 15) is 8.42 Å². The topological polar surface area (TPSA) is 68.3 Å². The van der Waals surface area contributed by atoms with Crippen LogP contribution in [0.3, 0.4) is 0 Å². The summed E-state index contributed by atoms with van der Waals surface area (Å²) in [7, 11) is -2.93. The van der Waals surface area contributed by atoms with Crippen LogP contribution in [0.15, 0.2) is 22.6 Å². The Kier molecular flexibility index (Phi) is 5.64. The molecular formula is C18H25N3O3S2. The van der Waals surface area contributed by atoms with Crippen LogP contribution in [0, 0.1) is 18.7 Å². The van der Waals surface area contributed by atoms with E-state index in [4.69, 9.17) is 16.6 Å². The Hall–Kier alpha value is -1.51. The fraction of sp³-hybridized carbons (Fsp3) is 0.556. The van der Waals surface area contributed by atoms with Crippen molar-refractivity contribution in [1.29, 1.82) is 0 Å². The van der Waals surface area contributed by atoms with E-state index in [1.165, 1.54) is 11.1 Å². The quantitative estimate of drug-likeness (QED) is 0.699. The van der Waals surface area contributed by atoms with Gasteiger partial charge in [0, 0.05) is 11.6 Å². The van der Waals surface area contributed by atoms with Crippen LogP contribution in [-0.4, -0.2) is 47.2 Å². The van der Waals surface area contributed by atoms with E-state index in [1.807, 2.05) is 25.1 Å². The third-order valence-electron chi connectivity index (χ3n) is 4.91. The molecule has 2 heterocycles. The molecule has 1 aliphatic rings. The highest BCUT2D eigenvalue weighted by Gasteiger charge is 2.32. The summed E-state index contributed by atoms with van der Waals surface area (Å²) in [6.45, 7) is 7.44. The van der Waals surface area contributed by atoms with Gasteiger partial charge in [-0.15, -0.1) is 5.10 Å². The van der Waals surface area contributed by atoms with Gasteiger partial charge in [-0.2, -0.15) is 0 Å². The Morgan fingerprint density at radius 1 is 1.35 bits per heavy atom. The zero-order valence-corrected chi connectivity index (χ0v) is 17.1. The van der Waals surface area contributed by atoms with Crippen molar-refractivity contribution in [2.75, 3.05) is 18.1 Å². The highest BCUT2D eigenvalue weighted by atomic mass is 32.2. The summed E-state index contributed by atoms with van der Waals surface area (Å²) >= 11 is 5.34. The zero-order valence-electron chi connectivity index (χ0n) is 15.4. The van der Waals surface area contributed by atoms with Gasteiger partial charge in [0.1, 0.15) is 0 Å². The molecule has 2 aromatic rings. The Labute approximate surface area is 159 Å². The van der Waals surface area contributed by atoms with E-state index in [-0.39, 0.29) is 17.5 Å². The average molecular weight is 396 g/mol. The van der Waals surface area contributed by atoms with Crippen LogP contribution in [0.4, 0.5) is 0 Å². The summed E-state index contributed by atoms with van der Waals surface area (Å²) in [5, 5.41) is 4.54. The van der Waals surface area contributed by atoms with Gasteiger partial charge >= 0.3 is 0 Å². The van der Waals surface area contributed by atoms with E-state index >= 15 is 0 Å². The van der Waals surface area contributed by atoms with Crippen molar-refractivity contribution in [2.24, 2.45) is 0 Å². The first-order valence-electron chi connectivity index (χ1n) is 8.89. The van der Waals surface area contributed by atoms with E-state index in [1.54, 1.807) is 4.68 Å². The number of rotatable bonds is 6. The SMILES string of the molecule is CCCN(Cn1nc(-c2ccc(C)c(C)c2)oc1=S)C1CCS(=O)(=O)C1. The summed E-state index contributed by atoms with van der Waals surface area (Å²) in [5.74, 6) is 0.964. The first-order valence-corrected chi connectivity index (χ1v) is 11.1. The van der Waals surface area contributed by atoms with Crippen molar-refractivity contribution in [3.05, 3.63) is 34.2 Å². The highest BCUT2D eigenvalue weighted by Crippen LogP contribution is 2.23. The molecule has 0 bridgehead atoms. The number of aromatic nitrogens is 2. The van der Waals surface area contributed by atoms with E-state index < -0.39 is 9.84 Å². The second-order valence-corrected chi connectivity index (χ2v) is 9.56. The third kappa shape index (κ3) is 4.24. The van der Waals surface area contributed by atoms with Gasteiger partial charge in [0.2, 0.25) is 5.89 Å². The molecule has 1 saturated heterocycles. The van der Waals surface area contributed by atoms with Gasteiger partial charge in [0.25, 0.3) is 4.84 Å². The molecule has 0 radical (unpaired) electrons. The molecule has 6 nitrogen and oxygen atoms in total. The minimum absolute atomic E-state index is 0.0172. The van der Waals surface area contributed by atoms with Gasteiger partial charge in [-0.05, 0) is 68.7 Å². The van der Waals surface area contributed by atoms with Gasteiger partial charge in [0.15, 0.2) is 9.84 Å². The lowest BCUT2D eigenvalue weighted by molar-refractivity contribution is 0.153. The monoisotopic (exact) mass is 395 g/mol. The average Bonchev–Trinajstić information content (AvgIpc) is 3.12. The smallest absolute Gasteiger partial charge is 0.288 e. The first kappa shape index (κ1) is 19.3. The Balaban J connectivity index is 1.83. The predicted octanol–water partition coefficient (Wildman–Crippen LogP) is 3.35. The van der Waals surface area contributed by atoms with Gasteiger partial charge in [-0.25, -0.2) is 13.1 Å². The maximum Gasteiger partial charge on any atom is 0.288 e. The molecule has 142 valence electrons. The number of aryl methyl sites for hydroxylation is 2. The molecule has 1 aromatic carbocycles. The lowest BCUT2D eigenvalue weighted by Gasteiger charge is -2.26. The molecule has 1 atom stereocenters. The summed E-state index contributed by atoms with van der Waals surface area (Å²) < 4.78 is 31.0. The number of nitrogens with zero attached hydrogens (tertiary/aromatic N) is 3. The molecule has 0 aliphatic carbocycles. The molecule has 26 heavy (non-hydrogen) atoms. The van der Waals surface area contributed by atoms with E-state index in [2.05, 4.69) is 23.8 Å². The Morgan fingerprint density at radius 2 is 2.12 bits per heavy atom. The van der Waals surface area contributed by atoms with Crippen molar-refractivity contribution in [3.63, 3.8) is 0 Å². The standard InChI is InChI=1S/C18H25N3O3S2/c1-4-8-20(16-7-9-26(22,23)11-16)12-21-18(25)24-17(19-21)15-6-5-13(2)14(3)10-15/h5-6,10,16H,4,7-9,11-12H2,1-3H3. The maximum atomic E-state index is 11.8. The van der Waals surface area contributed by atoms with Crippen LogP contribution in [0.2, 0.25) is 0 Å². The van der Waals surface area contributed by atoms with Crippen LogP contribution in [-0.2, 0) is 16.5 Å². The fourth-order valence-electron chi connectivity index (χ4n) is 3.28. The summed E-state index contributed by atoms with van der Waals surface area (Å²) in [6.07, 6.45) is 1.60. The fourth-order valence-corrected chi connectivity index (χ4v) is 5.22. The summed E-state index contributed by atoms with van der Waals surface area (Å²) in [4.78, 5) is 2.45. The summed E-state index contributed by atoms with van der Waals surface area (Å²) in [5.41, 5.74) is 3.27. The molecule has 3 rings (SSSR count). The Morgan fingerprint density at radius 3 is 2.73 bits per heavy atom. The number of sulfone groups is 1. The molecule has 0 N–H and O–H groups in total. The second kappa shape index (κ2) is 7.62. The highest BCUT2D eigenvalue weighted by molar-refractivity contribution is 7.91. The molecular weight excluding hydrogens is 370 g/mol. The Bertz CT molecular complexity index is 947. The molecule has 1 fully saturated rings. The zero-order chi connectivity index (χ0) is 18.9. The summed E-state index contributed by atoms with van der Waals surface area (Å²) in [6, 6.07) is 6.06. The van der Waals surface area contributed by atoms with Crippen LogP contribution < -0.4 is 0 Å². The van der Waals surface area contributed by atoms with Crippen molar-refractivity contribution in [2.45, 2.75) is 46.3 Å².